The Balaban J connectivity index is 1.60. The minimum Gasteiger partial charge on any atom is -0.313 e. The second-order valence-corrected chi connectivity index (χ2v) is 6.15. The molecule has 0 saturated heterocycles. The lowest BCUT2D eigenvalue weighted by Crippen LogP contribution is -2.17. The molecule has 124 valence electrons. The fourth-order valence-corrected chi connectivity index (χ4v) is 3.07. The highest BCUT2D eigenvalue weighted by atomic mass is 14.8. The summed E-state index contributed by atoms with van der Waals surface area (Å²) in [5, 5.41) is 12.4. The van der Waals surface area contributed by atoms with Crippen LogP contribution in [-0.2, 0) is 6.54 Å². The van der Waals surface area contributed by atoms with Gasteiger partial charge in [0.15, 0.2) is 0 Å². The van der Waals surface area contributed by atoms with Gasteiger partial charge in [0.05, 0.1) is 11.6 Å². The van der Waals surface area contributed by atoms with E-state index in [4.69, 9.17) is 5.26 Å². The van der Waals surface area contributed by atoms with Crippen LogP contribution in [0.4, 0.5) is 0 Å². The van der Waals surface area contributed by atoms with Crippen LogP contribution in [0.5, 0.6) is 0 Å². The van der Waals surface area contributed by atoms with E-state index in [-0.39, 0.29) is 0 Å². The number of nitriles is 1. The fraction of sp³-hybridized carbons (Fsp3) is 0.174. The van der Waals surface area contributed by atoms with Gasteiger partial charge in [0, 0.05) is 12.5 Å². The van der Waals surface area contributed by atoms with Gasteiger partial charge in [-0.3, -0.25) is 0 Å². The first-order chi connectivity index (χ1) is 12.4. The van der Waals surface area contributed by atoms with Gasteiger partial charge in [0.25, 0.3) is 0 Å². The molecule has 3 aromatic rings. The van der Waals surface area contributed by atoms with Crippen LogP contribution in [-0.4, -0.2) is 6.54 Å². The van der Waals surface area contributed by atoms with Crippen molar-refractivity contribution in [3.63, 3.8) is 0 Å². The number of hydrogen-bond donors (Lipinski definition) is 1. The number of nitrogens with zero attached hydrogens (tertiary/aromatic N) is 1. The molecular weight excluding hydrogens is 304 g/mol. The molecule has 0 spiro atoms. The summed E-state index contributed by atoms with van der Waals surface area (Å²) in [6, 6.07) is 31.3. The van der Waals surface area contributed by atoms with Crippen LogP contribution in [0.3, 0.4) is 0 Å². The standard InChI is InChI=1S/C23H22N2/c24-17-19-11-13-20(14-12-19)18-25-16-15-23(21-7-3-1-4-8-21)22-9-5-2-6-10-22/h1-14,23,25H,15-16,18H2. The van der Waals surface area contributed by atoms with Crippen molar-refractivity contribution in [1.82, 2.24) is 5.32 Å². The molecule has 0 amide bonds. The molecule has 3 rings (SSSR count). The van der Waals surface area contributed by atoms with Gasteiger partial charge in [-0.2, -0.15) is 5.26 Å². The smallest absolute Gasteiger partial charge is 0.0991 e. The monoisotopic (exact) mass is 326 g/mol. The molecule has 0 aliphatic rings. The lowest BCUT2D eigenvalue weighted by atomic mass is 9.88. The normalized spacial score (nSPS) is 10.6. The Labute approximate surface area is 149 Å². The maximum Gasteiger partial charge on any atom is 0.0991 e. The molecule has 3 aromatic carbocycles. The number of benzene rings is 3. The third kappa shape index (κ3) is 4.79. The first-order valence-corrected chi connectivity index (χ1v) is 8.66. The highest BCUT2D eigenvalue weighted by molar-refractivity contribution is 5.33. The largest absolute Gasteiger partial charge is 0.313 e. The summed E-state index contributed by atoms with van der Waals surface area (Å²) in [5.41, 5.74) is 4.62. The van der Waals surface area contributed by atoms with E-state index >= 15 is 0 Å². The molecule has 0 bridgehead atoms. The first-order valence-electron chi connectivity index (χ1n) is 8.66. The van der Waals surface area contributed by atoms with Crippen molar-refractivity contribution in [1.29, 1.82) is 5.26 Å². The zero-order valence-electron chi connectivity index (χ0n) is 14.2. The molecule has 0 aliphatic heterocycles. The average Bonchev–Trinajstić information content (AvgIpc) is 2.70. The maximum absolute atomic E-state index is 8.85. The third-order valence-corrected chi connectivity index (χ3v) is 4.43. The summed E-state index contributed by atoms with van der Waals surface area (Å²) >= 11 is 0. The van der Waals surface area contributed by atoms with Gasteiger partial charge in [0.1, 0.15) is 0 Å². The van der Waals surface area contributed by atoms with Crippen molar-refractivity contribution in [3.05, 3.63) is 107 Å². The molecule has 0 atom stereocenters. The van der Waals surface area contributed by atoms with E-state index in [0.29, 0.717) is 11.5 Å². The van der Waals surface area contributed by atoms with Crippen LogP contribution < -0.4 is 5.32 Å². The molecule has 0 fully saturated rings. The molecule has 2 nitrogen and oxygen atoms in total. The van der Waals surface area contributed by atoms with Crippen molar-refractivity contribution in [3.8, 4) is 6.07 Å². The molecule has 2 heteroatoms. The van der Waals surface area contributed by atoms with E-state index in [1.54, 1.807) is 0 Å². The molecule has 25 heavy (non-hydrogen) atoms. The number of nitrogens with one attached hydrogen (secondary N) is 1. The Morgan fingerprint density at radius 2 is 1.32 bits per heavy atom. The van der Waals surface area contributed by atoms with E-state index in [2.05, 4.69) is 72.0 Å². The molecule has 0 saturated carbocycles. The zero-order valence-corrected chi connectivity index (χ0v) is 14.2. The average molecular weight is 326 g/mol. The summed E-state index contributed by atoms with van der Waals surface area (Å²) in [6.45, 7) is 1.76. The maximum atomic E-state index is 8.85. The highest BCUT2D eigenvalue weighted by Gasteiger charge is 2.13. The van der Waals surface area contributed by atoms with Gasteiger partial charge < -0.3 is 5.32 Å². The quantitative estimate of drug-likeness (QED) is 0.629. The van der Waals surface area contributed by atoms with Crippen molar-refractivity contribution in [2.75, 3.05) is 6.54 Å². The van der Waals surface area contributed by atoms with E-state index in [9.17, 15) is 0 Å². The Kier molecular flexibility index (Phi) is 5.98. The second-order valence-electron chi connectivity index (χ2n) is 6.15. The van der Waals surface area contributed by atoms with E-state index < -0.39 is 0 Å². The van der Waals surface area contributed by atoms with Gasteiger partial charge in [-0.25, -0.2) is 0 Å². The van der Waals surface area contributed by atoms with Gasteiger partial charge in [-0.15, -0.1) is 0 Å². The van der Waals surface area contributed by atoms with Crippen molar-refractivity contribution in [2.45, 2.75) is 18.9 Å². The van der Waals surface area contributed by atoms with Crippen molar-refractivity contribution < 1.29 is 0 Å². The Morgan fingerprint density at radius 3 is 1.84 bits per heavy atom. The highest BCUT2D eigenvalue weighted by Crippen LogP contribution is 2.27. The van der Waals surface area contributed by atoms with Crippen LogP contribution in [0, 0.1) is 11.3 Å². The van der Waals surface area contributed by atoms with E-state index in [0.717, 1.165) is 19.5 Å². The molecule has 0 heterocycles. The zero-order chi connectivity index (χ0) is 17.3. The SMILES string of the molecule is N#Cc1ccc(CNCCC(c2ccccc2)c2ccccc2)cc1. The minimum absolute atomic E-state index is 0.399. The van der Waals surface area contributed by atoms with Gasteiger partial charge >= 0.3 is 0 Å². The van der Waals surface area contributed by atoms with Gasteiger partial charge in [0.2, 0.25) is 0 Å². The molecule has 0 radical (unpaired) electrons. The Morgan fingerprint density at radius 1 is 0.760 bits per heavy atom. The fourth-order valence-electron chi connectivity index (χ4n) is 3.07. The lowest BCUT2D eigenvalue weighted by Gasteiger charge is -2.18. The summed E-state index contributed by atoms with van der Waals surface area (Å²) in [5.74, 6) is 0.399. The minimum atomic E-state index is 0.399. The third-order valence-electron chi connectivity index (χ3n) is 4.43. The predicted octanol–water partition coefficient (Wildman–Crippen LogP) is 4.87. The van der Waals surface area contributed by atoms with Crippen molar-refractivity contribution >= 4 is 0 Å². The van der Waals surface area contributed by atoms with Crippen LogP contribution in [0.1, 0.15) is 34.6 Å². The topological polar surface area (TPSA) is 35.8 Å². The molecule has 0 aromatic heterocycles. The number of hydrogen-bond acceptors (Lipinski definition) is 2. The predicted molar refractivity (Wildman–Crippen MR) is 102 cm³/mol. The summed E-state index contributed by atoms with van der Waals surface area (Å²) in [4.78, 5) is 0. The van der Waals surface area contributed by atoms with E-state index in [1.807, 2.05) is 24.3 Å². The summed E-state index contributed by atoms with van der Waals surface area (Å²) in [6.07, 6.45) is 1.05. The molecule has 0 aliphatic carbocycles. The Bertz CT molecular complexity index is 763. The molecule has 0 unspecified atom stereocenters. The van der Waals surface area contributed by atoms with Gasteiger partial charge in [-0.05, 0) is 41.8 Å². The molecular formula is C23H22N2. The van der Waals surface area contributed by atoms with E-state index in [1.165, 1.54) is 16.7 Å². The van der Waals surface area contributed by atoms with Crippen LogP contribution in [0.15, 0.2) is 84.9 Å². The van der Waals surface area contributed by atoms with Gasteiger partial charge in [-0.1, -0.05) is 72.8 Å². The summed E-state index contributed by atoms with van der Waals surface area (Å²) in [7, 11) is 0. The van der Waals surface area contributed by atoms with Crippen LogP contribution in [0.2, 0.25) is 0 Å². The number of rotatable bonds is 7. The van der Waals surface area contributed by atoms with Crippen LogP contribution in [0.25, 0.3) is 0 Å². The second kappa shape index (κ2) is 8.82. The summed E-state index contributed by atoms with van der Waals surface area (Å²) < 4.78 is 0. The molecule has 1 N–H and O–H groups in total. The van der Waals surface area contributed by atoms with Crippen LogP contribution >= 0.6 is 0 Å². The Hall–Kier alpha value is -2.89. The first kappa shape index (κ1) is 17.0. The van der Waals surface area contributed by atoms with Crippen molar-refractivity contribution in [2.24, 2.45) is 0 Å². The lowest BCUT2D eigenvalue weighted by molar-refractivity contribution is 0.611.